The summed E-state index contributed by atoms with van der Waals surface area (Å²) >= 11 is 3.34. The number of fused-ring (bicyclic) bond motifs is 2. The molecule has 1 saturated heterocycles. The molecule has 1 aliphatic rings. The van der Waals surface area contributed by atoms with Crippen molar-refractivity contribution in [3.63, 3.8) is 0 Å². The molecule has 2 N–H and O–H groups in total. The SMILES string of the molecule is Brc1cnc2[nH]ccc2c1.Cn1cc(-c2cnc3[nH]ccc3c2)cn1.Cn1cc(B2OC(C)(C)C(C)(C)O2)cn1. The van der Waals surface area contributed by atoms with Crippen molar-refractivity contribution in [2.75, 3.05) is 0 Å². The number of nitrogens with zero attached hydrogens (tertiary/aromatic N) is 6. The van der Waals surface area contributed by atoms with Crippen LogP contribution < -0.4 is 5.46 Å². The largest absolute Gasteiger partial charge is 0.498 e. The summed E-state index contributed by atoms with van der Waals surface area (Å²) < 4.78 is 16.3. The zero-order valence-electron chi connectivity index (χ0n) is 23.4. The Balaban J connectivity index is 0.000000124. The average molecular weight is 603 g/mol. The summed E-state index contributed by atoms with van der Waals surface area (Å²) in [5.41, 5.74) is 4.44. The van der Waals surface area contributed by atoms with Gasteiger partial charge in [-0.3, -0.25) is 9.36 Å². The average Bonchev–Trinajstić information content (AvgIpc) is 3.72. The van der Waals surface area contributed by atoms with Crippen LogP contribution >= 0.6 is 15.9 Å². The fraction of sp³-hybridized carbons (Fsp3) is 0.286. The lowest BCUT2D eigenvalue weighted by Crippen LogP contribution is -2.41. The summed E-state index contributed by atoms with van der Waals surface area (Å²) in [5.74, 6) is 0. The lowest BCUT2D eigenvalue weighted by molar-refractivity contribution is 0.00578. The van der Waals surface area contributed by atoms with Crippen molar-refractivity contribution in [1.82, 2.24) is 39.5 Å². The number of hydrogen-bond donors (Lipinski definition) is 2. The maximum absolute atomic E-state index is 5.89. The van der Waals surface area contributed by atoms with E-state index in [-0.39, 0.29) is 18.3 Å². The second kappa shape index (κ2) is 11.0. The summed E-state index contributed by atoms with van der Waals surface area (Å²) in [5, 5.41) is 10.5. The fourth-order valence-corrected chi connectivity index (χ4v) is 4.47. The minimum absolute atomic E-state index is 0.284. The van der Waals surface area contributed by atoms with Crippen LogP contribution in [0.1, 0.15) is 27.7 Å². The van der Waals surface area contributed by atoms with E-state index in [1.54, 1.807) is 21.8 Å². The predicted octanol–water partition coefficient (Wildman–Crippen LogP) is 5.01. The molecule has 0 aromatic carbocycles. The number of rotatable bonds is 2. The molecule has 0 saturated carbocycles. The van der Waals surface area contributed by atoms with Crippen molar-refractivity contribution in [1.29, 1.82) is 0 Å². The Bertz CT molecular complexity index is 1720. The number of pyridine rings is 2. The quantitative estimate of drug-likeness (QED) is 0.270. The Morgan fingerprint density at radius 3 is 1.90 bits per heavy atom. The summed E-state index contributed by atoms with van der Waals surface area (Å²) in [7, 11) is 3.49. The van der Waals surface area contributed by atoms with Crippen LogP contribution in [0.3, 0.4) is 0 Å². The first-order valence-electron chi connectivity index (χ1n) is 12.9. The molecule has 7 rings (SSSR count). The van der Waals surface area contributed by atoms with E-state index < -0.39 is 0 Å². The maximum Gasteiger partial charge on any atom is 0.498 e. The third-order valence-corrected chi connectivity index (χ3v) is 7.49. The monoisotopic (exact) mass is 602 g/mol. The molecule has 7 heterocycles. The van der Waals surface area contributed by atoms with E-state index in [0.29, 0.717) is 0 Å². The summed E-state index contributed by atoms with van der Waals surface area (Å²) in [6, 6.07) is 8.14. The second-order valence-corrected chi connectivity index (χ2v) is 11.6. The van der Waals surface area contributed by atoms with Gasteiger partial charge in [0.1, 0.15) is 11.3 Å². The van der Waals surface area contributed by atoms with Gasteiger partial charge in [-0.05, 0) is 67.9 Å². The van der Waals surface area contributed by atoms with Gasteiger partial charge in [-0.2, -0.15) is 10.2 Å². The lowest BCUT2D eigenvalue weighted by atomic mass is 9.82. The van der Waals surface area contributed by atoms with Crippen molar-refractivity contribution in [2.45, 2.75) is 38.9 Å². The Labute approximate surface area is 241 Å². The minimum atomic E-state index is -0.302. The van der Waals surface area contributed by atoms with Crippen LogP contribution in [-0.2, 0) is 23.4 Å². The first-order valence-corrected chi connectivity index (χ1v) is 13.6. The van der Waals surface area contributed by atoms with Gasteiger partial charge >= 0.3 is 7.12 Å². The van der Waals surface area contributed by atoms with Gasteiger partial charge in [-0.25, -0.2) is 9.97 Å². The van der Waals surface area contributed by atoms with E-state index in [2.05, 4.69) is 52.1 Å². The topological polar surface area (TPSA) is 111 Å². The van der Waals surface area contributed by atoms with E-state index in [1.807, 2.05) is 97.2 Å². The highest BCUT2D eigenvalue weighted by Gasteiger charge is 2.52. The van der Waals surface area contributed by atoms with E-state index >= 15 is 0 Å². The number of H-pyrrole nitrogens is 2. The second-order valence-electron chi connectivity index (χ2n) is 10.6. The van der Waals surface area contributed by atoms with Crippen molar-refractivity contribution >= 4 is 50.6 Å². The Hall–Kier alpha value is -3.74. The Kier molecular flexibility index (Phi) is 7.67. The fourth-order valence-electron chi connectivity index (χ4n) is 4.12. The van der Waals surface area contributed by atoms with Gasteiger partial charge in [0, 0.05) is 89.3 Å². The molecule has 0 aliphatic carbocycles. The van der Waals surface area contributed by atoms with Crippen molar-refractivity contribution in [3.8, 4) is 11.1 Å². The molecule has 10 nitrogen and oxygen atoms in total. The molecule has 0 spiro atoms. The van der Waals surface area contributed by atoms with Gasteiger partial charge in [-0.1, -0.05) is 0 Å². The Morgan fingerprint density at radius 2 is 1.32 bits per heavy atom. The molecule has 40 heavy (non-hydrogen) atoms. The van der Waals surface area contributed by atoms with Crippen LogP contribution in [-0.4, -0.2) is 57.8 Å². The van der Waals surface area contributed by atoms with Crippen LogP contribution in [0.15, 0.2) is 78.3 Å². The van der Waals surface area contributed by atoms with Gasteiger partial charge < -0.3 is 19.3 Å². The number of aromatic amines is 2. The van der Waals surface area contributed by atoms with E-state index in [4.69, 9.17) is 9.31 Å². The van der Waals surface area contributed by atoms with Gasteiger partial charge in [0.2, 0.25) is 0 Å². The molecule has 6 aromatic heterocycles. The van der Waals surface area contributed by atoms with E-state index in [1.165, 1.54) is 0 Å². The van der Waals surface area contributed by atoms with E-state index in [9.17, 15) is 0 Å². The first kappa shape index (κ1) is 27.8. The molecule has 1 aliphatic heterocycles. The van der Waals surface area contributed by atoms with Crippen LogP contribution in [0.4, 0.5) is 0 Å². The normalized spacial score (nSPS) is 15.5. The molecule has 0 atom stereocenters. The first-order chi connectivity index (χ1) is 19.0. The number of aromatic nitrogens is 8. The zero-order valence-corrected chi connectivity index (χ0v) is 25.0. The predicted molar refractivity (Wildman–Crippen MR) is 161 cm³/mol. The van der Waals surface area contributed by atoms with Gasteiger partial charge in [-0.15, -0.1) is 0 Å². The van der Waals surface area contributed by atoms with Gasteiger partial charge in [0.05, 0.1) is 17.4 Å². The van der Waals surface area contributed by atoms with Crippen LogP contribution in [0.5, 0.6) is 0 Å². The smallest absolute Gasteiger partial charge is 0.399 e. The molecule has 0 radical (unpaired) electrons. The molecule has 0 amide bonds. The highest BCUT2D eigenvalue weighted by Crippen LogP contribution is 2.36. The number of hydrogen-bond acceptors (Lipinski definition) is 6. The minimum Gasteiger partial charge on any atom is -0.399 e. The standard InChI is InChI=1S/C11H10N4.C10H17BN2O2.C7H5BrN2/c1-15-7-10(6-14-15)9-4-8-2-3-12-11(8)13-5-9;1-9(2)10(3,4)15-11(14-9)8-6-12-13(5)7-8;8-6-3-5-1-2-9-7(5)10-4-6/h2-7H,1H3,(H,12,13);6-7H,1-5H3;1-4H,(H,9,10). The van der Waals surface area contributed by atoms with E-state index in [0.717, 1.165) is 43.1 Å². The summed E-state index contributed by atoms with van der Waals surface area (Å²) in [4.78, 5) is 14.6. The number of nitrogens with one attached hydrogen (secondary N) is 2. The summed E-state index contributed by atoms with van der Waals surface area (Å²) in [6.07, 6.45) is 14.9. The van der Waals surface area contributed by atoms with Crippen molar-refractivity contribution in [3.05, 3.63) is 78.3 Å². The highest BCUT2D eigenvalue weighted by molar-refractivity contribution is 9.10. The third kappa shape index (κ3) is 6.03. The van der Waals surface area contributed by atoms with Crippen molar-refractivity contribution < 1.29 is 9.31 Å². The lowest BCUT2D eigenvalue weighted by Gasteiger charge is -2.32. The number of halogens is 1. The van der Waals surface area contributed by atoms with Gasteiger partial charge in [0.25, 0.3) is 0 Å². The summed E-state index contributed by atoms with van der Waals surface area (Å²) in [6.45, 7) is 8.18. The molecule has 0 bridgehead atoms. The Morgan fingerprint density at radius 1 is 0.750 bits per heavy atom. The molecule has 206 valence electrons. The van der Waals surface area contributed by atoms with Crippen LogP contribution in [0.25, 0.3) is 33.2 Å². The van der Waals surface area contributed by atoms with Crippen molar-refractivity contribution in [2.24, 2.45) is 14.1 Å². The third-order valence-electron chi connectivity index (χ3n) is 7.06. The highest BCUT2D eigenvalue weighted by atomic mass is 79.9. The molecule has 12 heteroatoms. The number of aryl methyl sites for hydroxylation is 2. The molecule has 0 unspecified atom stereocenters. The zero-order chi connectivity index (χ0) is 28.5. The molecular weight excluding hydrogens is 571 g/mol. The molecule has 6 aromatic rings. The molecule has 1 fully saturated rings. The maximum atomic E-state index is 5.89. The molecular formula is C28H32BBrN8O2. The van der Waals surface area contributed by atoms with Gasteiger partial charge in [0.15, 0.2) is 0 Å². The van der Waals surface area contributed by atoms with Crippen LogP contribution in [0.2, 0.25) is 0 Å². The van der Waals surface area contributed by atoms with Crippen LogP contribution in [0, 0.1) is 0 Å².